The molecule has 1 aliphatic rings. The van der Waals surface area contributed by atoms with Crippen LogP contribution < -0.4 is 19.9 Å². The van der Waals surface area contributed by atoms with E-state index in [1.807, 2.05) is 38.1 Å². The van der Waals surface area contributed by atoms with Crippen molar-refractivity contribution in [3.8, 4) is 17.2 Å². The van der Waals surface area contributed by atoms with Crippen LogP contribution in [0.3, 0.4) is 0 Å². The van der Waals surface area contributed by atoms with Gasteiger partial charge in [-0.25, -0.2) is 12.7 Å². The van der Waals surface area contributed by atoms with Crippen molar-refractivity contribution in [2.45, 2.75) is 58.2 Å². The fourth-order valence-electron chi connectivity index (χ4n) is 4.48. The number of nitrogens with zero attached hydrogens (tertiary/aromatic N) is 2. The number of benzene rings is 2. The molecule has 11 heteroatoms. The number of sulfonamides is 1. The lowest BCUT2D eigenvalue weighted by atomic mass is 10.0. The molecule has 2 aromatic rings. The van der Waals surface area contributed by atoms with E-state index >= 15 is 0 Å². The molecule has 0 radical (unpaired) electrons. The third-order valence-corrected chi connectivity index (χ3v) is 8.46. The molecular formula is C28H41N3O7S. The largest absolute Gasteiger partial charge is 0.497 e. The first-order valence-corrected chi connectivity index (χ1v) is 15.0. The van der Waals surface area contributed by atoms with Crippen LogP contribution >= 0.6 is 0 Å². The smallest absolute Gasteiger partial charge is 0.231 e. The van der Waals surface area contributed by atoms with Crippen LogP contribution in [0.15, 0.2) is 42.5 Å². The van der Waals surface area contributed by atoms with Crippen LogP contribution in [0.4, 0.5) is 0 Å². The Bertz CT molecular complexity index is 1190. The van der Waals surface area contributed by atoms with Gasteiger partial charge in [0.1, 0.15) is 5.75 Å². The van der Waals surface area contributed by atoms with E-state index in [1.165, 1.54) is 9.21 Å². The number of methoxy groups -OCH3 is 1. The van der Waals surface area contributed by atoms with Gasteiger partial charge in [-0.3, -0.25) is 4.79 Å². The summed E-state index contributed by atoms with van der Waals surface area (Å²) in [5.74, 6) is 1.26. The van der Waals surface area contributed by atoms with Crippen LogP contribution in [0.25, 0.3) is 0 Å². The minimum Gasteiger partial charge on any atom is -0.497 e. The molecule has 39 heavy (non-hydrogen) atoms. The molecule has 0 spiro atoms. The van der Waals surface area contributed by atoms with E-state index in [9.17, 15) is 18.3 Å². The summed E-state index contributed by atoms with van der Waals surface area (Å²) in [6.45, 7) is 4.99. The normalized spacial score (nSPS) is 14.3. The van der Waals surface area contributed by atoms with E-state index < -0.39 is 22.2 Å². The molecule has 0 saturated heterocycles. The van der Waals surface area contributed by atoms with Crippen LogP contribution in [-0.2, 0) is 27.8 Å². The summed E-state index contributed by atoms with van der Waals surface area (Å²) in [5.41, 5.74) is 8.01. The average molecular weight is 564 g/mol. The lowest BCUT2D eigenvalue weighted by molar-refractivity contribution is -0.133. The molecule has 2 atom stereocenters. The molecule has 10 nitrogen and oxygen atoms in total. The number of amides is 1. The number of hydrogen-bond donors (Lipinski definition) is 2. The monoisotopic (exact) mass is 563 g/mol. The zero-order valence-electron chi connectivity index (χ0n) is 23.0. The molecule has 0 saturated carbocycles. The second kappa shape index (κ2) is 14.5. The number of hydrogen-bond acceptors (Lipinski definition) is 8. The third-order valence-electron chi connectivity index (χ3n) is 6.58. The zero-order chi connectivity index (χ0) is 28.4. The topological polar surface area (TPSA) is 132 Å². The minimum atomic E-state index is -3.59. The highest BCUT2D eigenvalue weighted by Crippen LogP contribution is 2.32. The van der Waals surface area contributed by atoms with Gasteiger partial charge in [-0.1, -0.05) is 32.0 Å². The summed E-state index contributed by atoms with van der Waals surface area (Å²) < 4.78 is 43.4. The zero-order valence-corrected chi connectivity index (χ0v) is 23.9. The van der Waals surface area contributed by atoms with Crippen LogP contribution in [-0.4, -0.2) is 80.1 Å². The second-order valence-corrected chi connectivity index (χ2v) is 11.8. The van der Waals surface area contributed by atoms with Gasteiger partial charge >= 0.3 is 0 Å². The van der Waals surface area contributed by atoms with E-state index in [0.717, 1.165) is 11.1 Å². The van der Waals surface area contributed by atoms with Gasteiger partial charge in [-0.05, 0) is 54.7 Å². The van der Waals surface area contributed by atoms with Gasteiger partial charge in [0.25, 0.3) is 0 Å². The molecule has 3 N–H and O–H groups in total. The Kier molecular flexibility index (Phi) is 11.4. The summed E-state index contributed by atoms with van der Waals surface area (Å²) >= 11 is 0. The maximum atomic E-state index is 13.4. The molecule has 3 rings (SSSR count). The van der Waals surface area contributed by atoms with E-state index in [4.69, 9.17) is 19.9 Å². The molecule has 0 fully saturated rings. The fourth-order valence-corrected chi connectivity index (χ4v) is 6.09. The third kappa shape index (κ3) is 8.82. The number of aliphatic hydroxyl groups excluding tert-OH is 1. The van der Waals surface area contributed by atoms with Crippen molar-refractivity contribution in [1.82, 2.24) is 9.21 Å². The lowest BCUT2D eigenvalue weighted by Gasteiger charge is -2.29. The maximum absolute atomic E-state index is 13.4. The van der Waals surface area contributed by atoms with E-state index in [-0.39, 0.29) is 38.0 Å². The van der Waals surface area contributed by atoms with Crippen molar-refractivity contribution in [1.29, 1.82) is 0 Å². The van der Waals surface area contributed by atoms with Gasteiger partial charge in [-0.15, -0.1) is 0 Å². The Hall–Kier alpha value is -2.86. The highest BCUT2D eigenvalue weighted by molar-refractivity contribution is 7.89. The summed E-state index contributed by atoms with van der Waals surface area (Å²) in [6.07, 6.45) is 0.514. The second-order valence-electron chi connectivity index (χ2n) is 9.71. The van der Waals surface area contributed by atoms with Gasteiger partial charge in [0.15, 0.2) is 11.5 Å². The molecule has 2 aromatic carbocycles. The van der Waals surface area contributed by atoms with Gasteiger partial charge in [0.05, 0.1) is 19.0 Å². The van der Waals surface area contributed by atoms with Gasteiger partial charge < -0.3 is 30.0 Å². The molecule has 0 bridgehead atoms. The molecule has 1 amide bonds. The molecule has 2 unspecified atom stereocenters. The maximum Gasteiger partial charge on any atom is 0.231 e. The van der Waals surface area contributed by atoms with Crippen molar-refractivity contribution in [2.75, 3.05) is 39.3 Å². The summed E-state index contributed by atoms with van der Waals surface area (Å²) in [5, 5.41) is 11.0. The number of carbonyl (C=O) groups excluding carboxylic acids is 1. The molecule has 0 aromatic heterocycles. The fraction of sp³-hybridized carbons (Fsp3) is 0.536. The number of nitrogens with two attached hydrogens (primary N) is 1. The SMILES string of the molecule is CCCN(CCC)S(=O)(=O)CCC(=O)N(Cc1cccc(OC)c1)CC(O)C(N)Cc1ccc2c(c1)OCO2. The van der Waals surface area contributed by atoms with Crippen LogP contribution in [0.5, 0.6) is 17.2 Å². The van der Waals surface area contributed by atoms with E-state index in [0.29, 0.717) is 49.6 Å². The van der Waals surface area contributed by atoms with Crippen molar-refractivity contribution in [3.63, 3.8) is 0 Å². The summed E-state index contributed by atoms with van der Waals surface area (Å²) in [6, 6.07) is 12.1. The quantitative estimate of drug-likeness (QED) is 0.319. The van der Waals surface area contributed by atoms with E-state index in [2.05, 4.69) is 0 Å². The van der Waals surface area contributed by atoms with Crippen molar-refractivity contribution < 1.29 is 32.5 Å². The molecular weight excluding hydrogens is 522 g/mol. The first-order chi connectivity index (χ1) is 18.7. The first-order valence-electron chi connectivity index (χ1n) is 13.4. The summed E-state index contributed by atoms with van der Waals surface area (Å²) in [7, 11) is -2.03. The predicted octanol–water partition coefficient (Wildman–Crippen LogP) is 2.53. The summed E-state index contributed by atoms with van der Waals surface area (Å²) in [4.78, 5) is 14.8. The van der Waals surface area contributed by atoms with Crippen LogP contribution in [0, 0.1) is 0 Å². The number of aliphatic hydroxyl groups is 1. The number of carbonyl (C=O) groups is 1. The van der Waals surface area contributed by atoms with Gasteiger partial charge in [0, 0.05) is 38.6 Å². The predicted molar refractivity (Wildman–Crippen MR) is 149 cm³/mol. The highest BCUT2D eigenvalue weighted by Gasteiger charge is 2.27. The van der Waals surface area contributed by atoms with Crippen LogP contribution in [0.1, 0.15) is 44.2 Å². The Labute approximate surface area is 231 Å². The standard InChI is InChI=1S/C28H41N3O7S/c1-4-12-31(13-5-2)39(34,35)14-11-28(33)30(18-22-7-6-8-23(15-22)36-3)19-25(32)24(29)16-21-9-10-26-27(17-21)38-20-37-26/h6-10,15,17,24-25,32H,4-5,11-14,16,18-20,29H2,1-3H3. The van der Waals surface area contributed by atoms with E-state index in [1.54, 1.807) is 25.3 Å². The van der Waals surface area contributed by atoms with Gasteiger partial charge in [0.2, 0.25) is 22.7 Å². The van der Waals surface area contributed by atoms with Crippen LogP contribution in [0.2, 0.25) is 0 Å². The molecule has 0 aliphatic carbocycles. The number of fused-ring (bicyclic) bond motifs is 1. The Morgan fingerprint density at radius 2 is 1.79 bits per heavy atom. The lowest BCUT2D eigenvalue weighted by Crippen LogP contribution is -2.46. The Morgan fingerprint density at radius 1 is 1.08 bits per heavy atom. The first kappa shape index (κ1) is 30.7. The van der Waals surface area contributed by atoms with Crippen molar-refractivity contribution in [2.24, 2.45) is 5.73 Å². The minimum absolute atomic E-state index is 0.0462. The van der Waals surface area contributed by atoms with Gasteiger partial charge in [-0.2, -0.15) is 0 Å². The number of ether oxygens (including phenoxy) is 3. The molecule has 216 valence electrons. The molecule has 1 aliphatic heterocycles. The average Bonchev–Trinajstić information content (AvgIpc) is 3.39. The molecule has 1 heterocycles. The number of rotatable bonds is 16. The van der Waals surface area contributed by atoms with Crippen molar-refractivity contribution >= 4 is 15.9 Å². The Morgan fingerprint density at radius 3 is 2.49 bits per heavy atom. The van der Waals surface area contributed by atoms with Crippen molar-refractivity contribution in [3.05, 3.63) is 53.6 Å². The Balaban J connectivity index is 1.71. The highest BCUT2D eigenvalue weighted by atomic mass is 32.2.